The number of carbonyl (C=O) groups is 3. The number of hydrogen-bond donors (Lipinski definition) is 1. The maximum Gasteiger partial charge on any atom is 0.363 e. The second kappa shape index (κ2) is 8.16. The number of benzene rings is 3. The van der Waals surface area contributed by atoms with Crippen molar-refractivity contribution < 1.29 is 24.3 Å². The average molecular weight is 415 g/mol. The maximum absolute atomic E-state index is 12.4. The second-order valence-corrected chi connectivity index (χ2v) is 7.48. The van der Waals surface area contributed by atoms with E-state index in [1.165, 1.54) is 12.1 Å². The Morgan fingerprint density at radius 1 is 0.806 bits per heavy atom. The van der Waals surface area contributed by atoms with Gasteiger partial charge in [0.2, 0.25) is 0 Å². The van der Waals surface area contributed by atoms with Crippen LogP contribution in [0.4, 0.5) is 0 Å². The van der Waals surface area contributed by atoms with Crippen molar-refractivity contribution in [2.24, 2.45) is 0 Å². The highest BCUT2D eigenvalue weighted by atomic mass is 16.7. The van der Waals surface area contributed by atoms with Crippen molar-refractivity contribution in [2.45, 2.75) is 25.4 Å². The monoisotopic (exact) mass is 415 g/mol. The summed E-state index contributed by atoms with van der Waals surface area (Å²) in [6.07, 6.45) is 0.0669. The van der Waals surface area contributed by atoms with Crippen molar-refractivity contribution in [3.05, 3.63) is 107 Å². The van der Waals surface area contributed by atoms with E-state index in [0.29, 0.717) is 21.8 Å². The average Bonchev–Trinajstić information content (AvgIpc) is 3.11. The van der Waals surface area contributed by atoms with Crippen molar-refractivity contribution in [1.82, 2.24) is 5.06 Å². The van der Waals surface area contributed by atoms with Crippen LogP contribution >= 0.6 is 0 Å². The van der Waals surface area contributed by atoms with E-state index >= 15 is 0 Å². The molecule has 0 aliphatic carbocycles. The predicted octanol–water partition coefficient (Wildman–Crippen LogP) is 3.50. The molecule has 0 saturated carbocycles. The second-order valence-electron chi connectivity index (χ2n) is 7.48. The van der Waals surface area contributed by atoms with Gasteiger partial charge >= 0.3 is 5.97 Å². The number of aryl methyl sites for hydroxylation is 1. The molecule has 1 saturated heterocycles. The van der Waals surface area contributed by atoms with Crippen LogP contribution in [0.2, 0.25) is 0 Å². The number of amides is 2. The lowest BCUT2D eigenvalue weighted by Gasteiger charge is -2.30. The van der Waals surface area contributed by atoms with Crippen molar-refractivity contribution >= 4 is 17.8 Å². The van der Waals surface area contributed by atoms with E-state index in [4.69, 9.17) is 4.84 Å². The van der Waals surface area contributed by atoms with Gasteiger partial charge in [-0.2, -0.15) is 0 Å². The number of nitrogens with zero attached hydrogens (tertiary/aromatic N) is 1. The summed E-state index contributed by atoms with van der Waals surface area (Å²) < 4.78 is 0. The van der Waals surface area contributed by atoms with Gasteiger partial charge in [-0.25, -0.2) is 4.79 Å². The van der Waals surface area contributed by atoms with Crippen LogP contribution in [0, 0.1) is 6.92 Å². The van der Waals surface area contributed by atoms with E-state index in [0.717, 1.165) is 5.56 Å². The molecule has 3 aromatic rings. The molecule has 156 valence electrons. The summed E-state index contributed by atoms with van der Waals surface area (Å²) in [4.78, 5) is 40.7. The molecule has 2 amide bonds. The lowest BCUT2D eigenvalue weighted by atomic mass is 9.80. The molecule has 6 heteroatoms. The number of rotatable bonds is 5. The van der Waals surface area contributed by atoms with E-state index in [1.54, 1.807) is 12.1 Å². The van der Waals surface area contributed by atoms with Crippen LogP contribution in [-0.4, -0.2) is 28.0 Å². The third kappa shape index (κ3) is 3.85. The SMILES string of the molecule is Cc1ccc(C(O)(c2ccccc2)c2ccc(C(=O)ON3C(=O)CCC3=O)cc2)cc1. The smallest absolute Gasteiger partial charge is 0.363 e. The fourth-order valence-electron chi connectivity index (χ4n) is 3.62. The summed E-state index contributed by atoms with van der Waals surface area (Å²) in [5, 5.41) is 12.3. The molecule has 1 heterocycles. The zero-order chi connectivity index (χ0) is 22.0. The molecule has 1 aliphatic rings. The van der Waals surface area contributed by atoms with Gasteiger partial charge in [-0.15, -0.1) is 5.06 Å². The third-order valence-corrected chi connectivity index (χ3v) is 5.38. The molecule has 1 aliphatic heterocycles. The van der Waals surface area contributed by atoms with Crippen molar-refractivity contribution in [3.63, 3.8) is 0 Å². The lowest BCUT2D eigenvalue weighted by Crippen LogP contribution is -2.32. The fourth-order valence-corrected chi connectivity index (χ4v) is 3.62. The molecule has 0 bridgehead atoms. The molecule has 6 nitrogen and oxygen atoms in total. The minimum Gasteiger partial charge on any atom is -0.376 e. The first-order valence-electron chi connectivity index (χ1n) is 9.93. The van der Waals surface area contributed by atoms with Gasteiger partial charge in [0.25, 0.3) is 11.8 Å². The predicted molar refractivity (Wildman–Crippen MR) is 113 cm³/mol. The van der Waals surface area contributed by atoms with E-state index in [1.807, 2.05) is 61.5 Å². The molecule has 1 N–H and O–H groups in total. The van der Waals surface area contributed by atoms with Crippen LogP contribution < -0.4 is 0 Å². The van der Waals surface area contributed by atoms with E-state index in [2.05, 4.69) is 0 Å². The maximum atomic E-state index is 12.4. The van der Waals surface area contributed by atoms with Crippen LogP contribution in [0.1, 0.15) is 45.5 Å². The molecular formula is C25H21NO5. The summed E-state index contributed by atoms with van der Waals surface area (Å²) in [5.41, 5.74) is 1.74. The van der Waals surface area contributed by atoms with Gasteiger partial charge in [-0.1, -0.05) is 72.3 Å². The van der Waals surface area contributed by atoms with Crippen LogP contribution in [0.3, 0.4) is 0 Å². The van der Waals surface area contributed by atoms with Gasteiger partial charge in [0.15, 0.2) is 0 Å². The van der Waals surface area contributed by atoms with Gasteiger partial charge in [-0.05, 0) is 35.7 Å². The third-order valence-electron chi connectivity index (χ3n) is 5.38. The molecule has 1 unspecified atom stereocenters. The summed E-state index contributed by atoms with van der Waals surface area (Å²) >= 11 is 0. The Hall–Kier alpha value is -3.77. The highest BCUT2D eigenvalue weighted by molar-refractivity contribution is 6.02. The largest absolute Gasteiger partial charge is 0.376 e. The Morgan fingerprint density at radius 3 is 1.84 bits per heavy atom. The van der Waals surface area contributed by atoms with Gasteiger partial charge in [-0.3, -0.25) is 9.59 Å². The molecule has 4 rings (SSSR count). The summed E-state index contributed by atoms with van der Waals surface area (Å²) in [6.45, 7) is 1.97. The van der Waals surface area contributed by atoms with Crippen LogP contribution in [0.5, 0.6) is 0 Å². The fraction of sp³-hybridized carbons (Fsp3) is 0.160. The molecule has 31 heavy (non-hydrogen) atoms. The molecule has 0 radical (unpaired) electrons. The molecule has 3 aromatic carbocycles. The Bertz CT molecular complexity index is 1110. The first kappa shape index (κ1) is 20.5. The Morgan fingerprint density at radius 2 is 1.29 bits per heavy atom. The topological polar surface area (TPSA) is 83.9 Å². The standard InChI is InChI=1S/C25H21NO5/c1-17-7-11-20(12-8-17)25(30,19-5-3-2-4-6-19)21-13-9-18(10-14-21)24(29)31-26-22(27)15-16-23(26)28/h2-14,30H,15-16H2,1H3. The number of aliphatic hydroxyl groups is 1. The minimum absolute atomic E-state index is 0.0334. The first-order valence-corrected chi connectivity index (χ1v) is 9.93. The van der Waals surface area contributed by atoms with Gasteiger partial charge < -0.3 is 9.94 Å². The highest BCUT2D eigenvalue weighted by Gasteiger charge is 2.35. The van der Waals surface area contributed by atoms with Crippen LogP contribution in [0.25, 0.3) is 0 Å². The molecule has 1 atom stereocenters. The van der Waals surface area contributed by atoms with Crippen molar-refractivity contribution in [1.29, 1.82) is 0 Å². The Balaban J connectivity index is 1.67. The molecule has 0 spiro atoms. The van der Waals surface area contributed by atoms with E-state index < -0.39 is 23.4 Å². The summed E-state index contributed by atoms with van der Waals surface area (Å²) in [6, 6.07) is 23.1. The Kier molecular flexibility index (Phi) is 5.40. The first-order chi connectivity index (χ1) is 14.9. The van der Waals surface area contributed by atoms with E-state index in [9.17, 15) is 19.5 Å². The van der Waals surface area contributed by atoms with Crippen LogP contribution in [-0.2, 0) is 20.0 Å². The summed E-state index contributed by atoms with van der Waals surface area (Å²) in [7, 11) is 0. The number of hydrogen-bond acceptors (Lipinski definition) is 5. The highest BCUT2D eigenvalue weighted by Crippen LogP contribution is 2.36. The zero-order valence-electron chi connectivity index (χ0n) is 16.9. The minimum atomic E-state index is -1.43. The van der Waals surface area contributed by atoms with Gasteiger partial charge in [0.05, 0.1) is 5.56 Å². The lowest BCUT2D eigenvalue weighted by molar-refractivity contribution is -0.172. The van der Waals surface area contributed by atoms with Crippen LogP contribution in [0.15, 0.2) is 78.9 Å². The molecule has 1 fully saturated rings. The van der Waals surface area contributed by atoms with Crippen molar-refractivity contribution in [2.75, 3.05) is 0 Å². The number of imide groups is 1. The number of hydroxylamine groups is 2. The van der Waals surface area contributed by atoms with E-state index in [-0.39, 0.29) is 18.4 Å². The molecular weight excluding hydrogens is 394 g/mol. The van der Waals surface area contributed by atoms with Gasteiger partial charge in [0, 0.05) is 12.8 Å². The van der Waals surface area contributed by atoms with Crippen molar-refractivity contribution in [3.8, 4) is 0 Å². The Labute approximate surface area is 179 Å². The molecule has 0 aromatic heterocycles. The number of carbonyl (C=O) groups excluding carboxylic acids is 3. The zero-order valence-corrected chi connectivity index (χ0v) is 16.9. The van der Waals surface area contributed by atoms with Gasteiger partial charge in [0.1, 0.15) is 5.60 Å². The normalized spacial score (nSPS) is 15.6. The summed E-state index contributed by atoms with van der Waals surface area (Å²) in [5.74, 6) is -1.88. The quantitative estimate of drug-likeness (QED) is 0.509.